The number of carbonyl (C=O) groups excluding carboxylic acids is 2. The molecule has 0 aliphatic carbocycles. The minimum absolute atomic E-state index is 0.224. The van der Waals surface area contributed by atoms with Crippen molar-refractivity contribution in [3.8, 4) is 11.5 Å². The van der Waals surface area contributed by atoms with Crippen LogP contribution in [-0.4, -0.2) is 31.3 Å². The van der Waals surface area contributed by atoms with Gasteiger partial charge in [-0.3, -0.25) is 4.79 Å². The van der Waals surface area contributed by atoms with Crippen molar-refractivity contribution in [1.29, 1.82) is 0 Å². The van der Waals surface area contributed by atoms with Crippen LogP contribution in [0.4, 0.5) is 4.79 Å². The van der Waals surface area contributed by atoms with Crippen LogP contribution in [0.25, 0.3) is 0 Å². The first-order chi connectivity index (χ1) is 11.0. The van der Waals surface area contributed by atoms with Crippen LogP contribution in [0.15, 0.2) is 18.2 Å². The van der Waals surface area contributed by atoms with Crippen molar-refractivity contribution in [2.75, 3.05) is 13.3 Å². The zero-order chi connectivity index (χ0) is 16.8. The Kier molecular flexibility index (Phi) is 5.67. The van der Waals surface area contributed by atoms with Gasteiger partial charge in [0.1, 0.15) is 6.04 Å². The van der Waals surface area contributed by atoms with Crippen molar-refractivity contribution in [2.24, 2.45) is 11.7 Å². The summed E-state index contributed by atoms with van der Waals surface area (Å²) in [7, 11) is 0. The van der Waals surface area contributed by atoms with Crippen LogP contribution in [0, 0.1) is 5.92 Å². The van der Waals surface area contributed by atoms with E-state index in [1.165, 1.54) is 0 Å². The summed E-state index contributed by atoms with van der Waals surface area (Å²) in [6.07, 6.45) is 1.20. The molecule has 0 aromatic heterocycles. The van der Waals surface area contributed by atoms with E-state index >= 15 is 0 Å². The van der Waals surface area contributed by atoms with Gasteiger partial charge < -0.3 is 25.8 Å². The van der Waals surface area contributed by atoms with Crippen molar-refractivity contribution in [2.45, 2.75) is 32.7 Å². The van der Waals surface area contributed by atoms with Crippen molar-refractivity contribution in [3.05, 3.63) is 23.8 Å². The summed E-state index contributed by atoms with van der Waals surface area (Å²) in [5.74, 6) is 1.51. The molecule has 23 heavy (non-hydrogen) atoms. The normalized spacial score (nSPS) is 13.7. The summed E-state index contributed by atoms with van der Waals surface area (Å²) in [6, 6.07) is 4.40. The van der Waals surface area contributed by atoms with E-state index in [0.717, 1.165) is 17.1 Å². The molecule has 3 amide bonds. The van der Waals surface area contributed by atoms with Gasteiger partial charge in [0.15, 0.2) is 11.5 Å². The predicted octanol–water partition coefficient (Wildman–Crippen LogP) is 1.16. The van der Waals surface area contributed by atoms with Crippen LogP contribution in [0.3, 0.4) is 0 Å². The van der Waals surface area contributed by atoms with E-state index in [4.69, 9.17) is 15.2 Å². The molecule has 0 radical (unpaired) electrons. The molecule has 1 atom stereocenters. The van der Waals surface area contributed by atoms with Gasteiger partial charge in [-0.15, -0.1) is 0 Å². The van der Waals surface area contributed by atoms with E-state index in [0.29, 0.717) is 19.4 Å². The number of primary amides is 1. The molecule has 4 N–H and O–H groups in total. The second kappa shape index (κ2) is 7.71. The molecule has 1 aliphatic heterocycles. The average molecular weight is 321 g/mol. The van der Waals surface area contributed by atoms with Gasteiger partial charge in [-0.25, -0.2) is 4.79 Å². The lowest BCUT2D eigenvalue weighted by Gasteiger charge is -2.19. The zero-order valence-electron chi connectivity index (χ0n) is 13.4. The van der Waals surface area contributed by atoms with Crippen LogP contribution in [0.1, 0.15) is 25.8 Å². The zero-order valence-corrected chi connectivity index (χ0v) is 13.4. The maximum absolute atomic E-state index is 12.2. The van der Waals surface area contributed by atoms with Crippen LogP contribution in [0.5, 0.6) is 11.5 Å². The third kappa shape index (κ3) is 5.05. The van der Waals surface area contributed by atoms with E-state index in [2.05, 4.69) is 10.6 Å². The SMILES string of the molecule is CC(C)CC(NC(N)=O)C(=O)NCCc1ccc2c(c1)OCO2. The lowest BCUT2D eigenvalue weighted by atomic mass is 10.0. The second-order valence-electron chi connectivity index (χ2n) is 5.92. The predicted molar refractivity (Wildman–Crippen MR) is 85.2 cm³/mol. The molecule has 1 unspecified atom stereocenters. The lowest BCUT2D eigenvalue weighted by molar-refractivity contribution is -0.123. The van der Waals surface area contributed by atoms with E-state index < -0.39 is 12.1 Å². The quantitative estimate of drug-likeness (QED) is 0.701. The number of hydrogen-bond donors (Lipinski definition) is 3. The van der Waals surface area contributed by atoms with Crippen molar-refractivity contribution >= 4 is 11.9 Å². The number of fused-ring (bicyclic) bond motifs is 1. The van der Waals surface area contributed by atoms with Crippen molar-refractivity contribution in [1.82, 2.24) is 10.6 Å². The van der Waals surface area contributed by atoms with Crippen LogP contribution in [-0.2, 0) is 11.2 Å². The van der Waals surface area contributed by atoms with Gasteiger partial charge >= 0.3 is 6.03 Å². The van der Waals surface area contributed by atoms with Gasteiger partial charge in [-0.1, -0.05) is 19.9 Å². The molecular formula is C16H23N3O4. The topological polar surface area (TPSA) is 103 Å². The largest absolute Gasteiger partial charge is 0.454 e. The second-order valence-corrected chi connectivity index (χ2v) is 5.92. The van der Waals surface area contributed by atoms with E-state index in [9.17, 15) is 9.59 Å². The molecule has 2 rings (SSSR count). The fourth-order valence-corrected chi connectivity index (χ4v) is 2.42. The molecular weight excluding hydrogens is 298 g/mol. The molecule has 1 aliphatic rings. The number of carbonyl (C=O) groups is 2. The number of nitrogens with two attached hydrogens (primary N) is 1. The summed E-state index contributed by atoms with van der Waals surface area (Å²) in [5.41, 5.74) is 6.16. The molecule has 1 heterocycles. The highest BCUT2D eigenvalue weighted by atomic mass is 16.7. The van der Waals surface area contributed by atoms with E-state index in [-0.39, 0.29) is 18.6 Å². The van der Waals surface area contributed by atoms with Gasteiger partial charge in [-0.05, 0) is 36.5 Å². The minimum Gasteiger partial charge on any atom is -0.454 e. The highest BCUT2D eigenvalue weighted by Crippen LogP contribution is 2.32. The number of nitrogens with one attached hydrogen (secondary N) is 2. The van der Waals surface area contributed by atoms with Crippen molar-refractivity contribution < 1.29 is 19.1 Å². The Morgan fingerprint density at radius 1 is 1.26 bits per heavy atom. The number of ether oxygens (including phenoxy) is 2. The maximum Gasteiger partial charge on any atom is 0.312 e. The fraction of sp³-hybridized carbons (Fsp3) is 0.500. The first-order valence-electron chi connectivity index (χ1n) is 7.68. The highest BCUT2D eigenvalue weighted by molar-refractivity contribution is 5.86. The average Bonchev–Trinajstić information content (AvgIpc) is 2.93. The number of hydrogen-bond acceptors (Lipinski definition) is 4. The summed E-state index contributed by atoms with van der Waals surface area (Å²) < 4.78 is 10.6. The Morgan fingerprint density at radius 2 is 2.00 bits per heavy atom. The smallest absolute Gasteiger partial charge is 0.312 e. The molecule has 0 spiro atoms. The van der Waals surface area contributed by atoms with Gasteiger partial charge in [-0.2, -0.15) is 0 Å². The third-order valence-corrected chi connectivity index (χ3v) is 3.49. The molecule has 7 nitrogen and oxygen atoms in total. The first-order valence-corrected chi connectivity index (χ1v) is 7.68. The monoisotopic (exact) mass is 321 g/mol. The Balaban J connectivity index is 1.83. The lowest BCUT2D eigenvalue weighted by Crippen LogP contribution is -2.49. The maximum atomic E-state index is 12.2. The Hall–Kier alpha value is -2.44. The molecule has 126 valence electrons. The Bertz CT molecular complexity index is 574. The van der Waals surface area contributed by atoms with E-state index in [1.807, 2.05) is 32.0 Å². The number of benzene rings is 1. The molecule has 0 fully saturated rings. The first kappa shape index (κ1) is 16.9. The van der Waals surface area contributed by atoms with Gasteiger partial charge in [0, 0.05) is 6.54 Å². The summed E-state index contributed by atoms with van der Waals surface area (Å²) in [5, 5.41) is 5.31. The molecule has 1 aromatic carbocycles. The van der Waals surface area contributed by atoms with Gasteiger partial charge in [0.2, 0.25) is 12.7 Å². The molecule has 0 bridgehead atoms. The molecule has 1 aromatic rings. The molecule has 7 heteroatoms. The highest BCUT2D eigenvalue weighted by Gasteiger charge is 2.20. The Labute approximate surface area is 135 Å². The minimum atomic E-state index is -0.693. The van der Waals surface area contributed by atoms with Gasteiger partial charge in [0.05, 0.1) is 0 Å². The Morgan fingerprint density at radius 3 is 2.70 bits per heavy atom. The number of rotatable bonds is 7. The van der Waals surface area contributed by atoms with Gasteiger partial charge in [0.25, 0.3) is 0 Å². The van der Waals surface area contributed by atoms with Crippen LogP contribution >= 0.6 is 0 Å². The standard InChI is InChI=1S/C16H23N3O4/c1-10(2)7-12(19-16(17)21)15(20)18-6-5-11-3-4-13-14(8-11)23-9-22-13/h3-4,8,10,12H,5-7,9H2,1-2H3,(H,18,20)(H3,17,19,21). The van der Waals surface area contributed by atoms with Crippen LogP contribution in [0.2, 0.25) is 0 Å². The summed E-state index contributed by atoms with van der Waals surface area (Å²) in [6.45, 7) is 4.67. The summed E-state index contributed by atoms with van der Waals surface area (Å²) >= 11 is 0. The number of urea groups is 1. The third-order valence-electron chi connectivity index (χ3n) is 3.49. The number of amides is 3. The molecule has 0 saturated heterocycles. The van der Waals surface area contributed by atoms with Crippen molar-refractivity contribution in [3.63, 3.8) is 0 Å². The van der Waals surface area contributed by atoms with E-state index in [1.54, 1.807) is 0 Å². The fourth-order valence-electron chi connectivity index (χ4n) is 2.42. The van der Waals surface area contributed by atoms with Crippen LogP contribution < -0.4 is 25.8 Å². The molecule has 0 saturated carbocycles. The summed E-state index contributed by atoms with van der Waals surface area (Å²) in [4.78, 5) is 23.2.